The van der Waals surface area contributed by atoms with E-state index in [1.54, 1.807) is 11.0 Å². The molecule has 0 aliphatic carbocycles. The van der Waals surface area contributed by atoms with E-state index in [9.17, 15) is 14.0 Å². The van der Waals surface area contributed by atoms with Gasteiger partial charge in [0.2, 0.25) is 11.8 Å². The molecular weight excluding hydrogens is 287 g/mol. The first-order valence-electron chi connectivity index (χ1n) is 7.26. The highest BCUT2D eigenvalue weighted by atomic mass is 19.1. The highest BCUT2D eigenvalue weighted by Gasteiger charge is 2.38. The molecule has 1 aromatic rings. The van der Waals surface area contributed by atoms with Crippen molar-refractivity contribution < 1.29 is 18.7 Å². The number of hydrogen-bond donors (Lipinski definition) is 1. The Morgan fingerprint density at radius 1 is 1.41 bits per heavy atom. The summed E-state index contributed by atoms with van der Waals surface area (Å²) in [6.07, 6.45) is 1.47. The number of piperidine rings is 1. The Morgan fingerprint density at radius 2 is 2.14 bits per heavy atom. The highest BCUT2D eigenvalue weighted by Crippen LogP contribution is 2.31. The molecule has 22 heavy (non-hydrogen) atoms. The molecule has 1 aliphatic rings. The SMILES string of the molecule is COc1ccc(NC(=O)C2(C)CCCN(C(C)=O)C2)cc1F. The van der Waals surface area contributed by atoms with Crippen molar-refractivity contribution in [2.24, 2.45) is 5.41 Å². The lowest BCUT2D eigenvalue weighted by Gasteiger charge is -2.38. The fraction of sp³-hybridized carbons (Fsp3) is 0.500. The molecule has 0 radical (unpaired) electrons. The van der Waals surface area contributed by atoms with Crippen LogP contribution in [0.2, 0.25) is 0 Å². The van der Waals surface area contributed by atoms with Gasteiger partial charge in [0.15, 0.2) is 11.6 Å². The summed E-state index contributed by atoms with van der Waals surface area (Å²) in [6, 6.07) is 4.29. The largest absolute Gasteiger partial charge is 0.494 e. The number of amides is 2. The first kappa shape index (κ1) is 16.3. The minimum Gasteiger partial charge on any atom is -0.494 e. The molecular formula is C16H21FN2O3. The van der Waals surface area contributed by atoms with E-state index >= 15 is 0 Å². The van der Waals surface area contributed by atoms with E-state index in [1.165, 1.54) is 26.2 Å². The Bertz CT molecular complexity index is 591. The molecule has 0 saturated carbocycles. The molecule has 5 nitrogen and oxygen atoms in total. The summed E-state index contributed by atoms with van der Waals surface area (Å²) in [5, 5.41) is 2.73. The lowest BCUT2D eigenvalue weighted by molar-refractivity contribution is -0.136. The van der Waals surface area contributed by atoms with Crippen LogP contribution in [0.4, 0.5) is 10.1 Å². The number of carbonyl (C=O) groups excluding carboxylic acids is 2. The van der Waals surface area contributed by atoms with Crippen molar-refractivity contribution in [3.8, 4) is 5.75 Å². The van der Waals surface area contributed by atoms with Gasteiger partial charge in [0.25, 0.3) is 0 Å². The van der Waals surface area contributed by atoms with Gasteiger partial charge in [-0.15, -0.1) is 0 Å². The Morgan fingerprint density at radius 3 is 2.73 bits per heavy atom. The van der Waals surface area contributed by atoms with Gasteiger partial charge in [0.05, 0.1) is 12.5 Å². The molecule has 120 valence electrons. The predicted molar refractivity (Wildman–Crippen MR) is 81.2 cm³/mol. The minimum atomic E-state index is -0.666. The zero-order chi connectivity index (χ0) is 16.3. The van der Waals surface area contributed by atoms with Crippen LogP contribution in [-0.4, -0.2) is 36.9 Å². The van der Waals surface area contributed by atoms with Crippen molar-refractivity contribution >= 4 is 17.5 Å². The van der Waals surface area contributed by atoms with Crippen LogP contribution in [0.1, 0.15) is 26.7 Å². The number of anilines is 1. The van der Waals surface area contributed by atoms with Crippen LogP contribution in [-0.2, 0) is 9.59 Å². The van der Waals surface area contributed by atoms with Crippen molar-refractivity contribution in [2.45, 2.75) is 26.7 Å². The third kappa shape index (κ3) is 3.37. The molecule has 2 amide bonds. The lowest BCUT2D eigenvalue weighted by atomic mass is 9.81. The third-order valence-electron chi connectivity index (χ3n) is 4.10. The highest BCUT2D eigenvalue weighted by molar-refractivity contribution is 5.95. The van der Waals surface area contributed by atoms with Crippen LogP contribution in [0, 0.1) is 11.2 Å². The zero-order valence-corrected chi connectivity index (χ0v) is 13.1. The Hall–Kier alpha value is -2.11. The number of nitrogens with one attached hydrogen (secondary N) is 1. The summed E-state index contributed by atoms with van der Waals surface area (Å²) in [6.45, 7) is 4.39. The number of ether oxygens (including phenoxy) is 1. The Labute approximate surface area is 129 Å². The summed E-state index contributed by atoms with van der Waals surface area (Å²) < 4.78 is 18.5. The number of halogens is 1. The van der Waals surface area contributed by atoms with E-state index < -0.39 is 11.2 Å². The number of likely N-dealkylation sites (tertiary alicyclic amines) is 1. The summed E-state index contributed by atoms with van der Waals surface area (Å²) in [5.74, 6) is -0.638. The number of carbonyl (C=O) groups is 2. The normalized spacial score (nSPS) is 21.4. The monoisotopic (exact) mass is 308 g/mol. The molecule has 1 N–H and O–H groups in total. The Kier molecular flexibility index (Phi) is 4.68. The number of nitrogens with zero attached hydrogens (tertiary/aromatic N) is 1. The van der Waals surface area contributed by atoms with E-state index in [1.807, 2.05) is 6.92 Å². The molecule has 1 atom stereocenters. The van der Waals surface area contributed by atoms with E-state index in [0.29, 0.717) is 25.2 Å². The maximum atomic E-state index is 13.7. The molecule has 1 aromatic carbocycles. The van der Waals surface area contributed by atoms with E-state index in [0.717, 1.165) is 6.42 Å². The molecule has 1 fully saturated rings. The lowest BCUT2D eigenvalue weighted by Crippen LogP contribution is -2.49. The van der Waals surface area contributed by atoms with Gasteiger partial charge in [0, 0.05) is 31.8 Å². The summed E-state index contributed by atoms with van der Waals surface area (Å²) in [5.41, 5.74) is -0.287. The molecule has 0 bridgehead atoms. The Balaban J connectivity index is 2.10. The predicted octanol–water partition coefficient (Wildman–Crippen LogP) is 2.42. The minimum absolute atomic E-state index is 0.0331. The van der Waals surface area contributed by atoms with E-state index in [4.69, 9.17) is 4.74 Å². The van der Waals surface area contributed by atoms with Crippen molar-refractivity contribution in [3.05, 3.63) is 24.0 Å². The fourth-order valence-electron chi connectivity index (χ4n) is 2.72. The van der Waals surface area contributed by atoms with Crippen LogP contribution in [0.5, 0.6) is 5.75 Å². The molecule has 1 heterocycles. The maximum Gasteiger partial charge on any atom is 0.232 e. The molecule has 1 saturated heterocycles. The summed E-state index contributed by atoms with van der Waals surface area (Å²) in [7, 11) is 1.38. The topological polar surface area (TPSA) is 58.6 Å². The van der Waals surface area contributed by atoms with E-state index in [2.05, 4.69) is 5.32 Å². The van der Waals surface area contributed by atoms with Gasteiger partial charge in [-0.05, 0) is 31.9 Å². The molecule has 0 aromatic heterocycles. The number of hydrogen-bond acceptors (Lipinski definition) is 3. The van der Waals surface area contributed by atoms with Crippen LogP contribution < -0.4 is 10.1 Å². The number of methoxy groups -OCH3 is 1. The number of rotatable bonds is 3. The van der Waals surface area contributed by atoms with Crippen molar-refractivity contribution in [1.82, 2.24) is 4.90 Å². The van der Waals surface area contributed by atoms with Crippen LogP contribution in [0.3, 0.4) is 0 Å². The van der Waals surface area contributed by atoms with Gasteiger partial charge >= 0.3 is 0 Å². The summed E-state index contributed by atoms with van der Waals surface area (Å²) in [4.78, 5) is 25.7. The van der Waals surface area contributed by atoms with Crippen LogP contribution >= 0.6 is 0 Å². The molecule has 6 heteroatoms. The average Bonchev–Trinajstić information content (AvgIpc) is 2.47. The van der Waals surface area contributed by atoms with E-state index in [-0.39, 0.29) is 17.6 Å². The van der Waals surface area contributed by atoms with Gasteiger partial charge < -0.3 is 15.0 Å². The van der Waals surface area contributed by atoms with Crippen molar-refractivity contribution in [1.29, 1.82) is 0 Å². The first-order chi connectivity index (χ1) is 10.4. The second kappa shape index (κ2) is 6.34. The second-order valence-electron chi connectivity index (χ2n) is 5.91. The third-order valence-corrected chi connectivity index (χ3v) is 4.10. The van der Waals surface area contributed by atoms with Crippen molar-refractivity contribution in [2.75, 3.05) is 25.5 Å². The first-order valence-corrected chi connectivity index (χ1v) is 7.26. The van der Waals surface area contributed by atoms with Gasteiger partial charge in [-0.25, -0.2) is 4.39 Å². The van der Waals surface area contributed by atoms with Gasteiger partial charge in [-0.2, -0.15) is 0 Å². The van der Waals surface area contributed by atoms with Crippen LogP contribution in [0.25, 0.3) is 0 Å². The van der Waals surface area contributed by atoms with Crippen molar-refractivity contribution in [3.63, 3.8) is 0 Å². The standard InChI is InChI=1S/C16H21FN2O3/c1-11(20)19-8-4-7-16(2,10-19)15(21)18-12-5-6-14(22-3)13(17)9-12/h5-6,9H,4,7-8,10H2,1-3H3,(H,18,21). The second-order valence-corrected chi connectivity index (χ2v) is 5.91. The summed E-state index contributed by atoms with van der Waals surface area (Å²) >= 11 is 0. The molecule has 1 aliphatic heterocycles. The maximum absolute atomic E-state index is 13.7. The van der Waals surface area contributed by atoms with Gasteiger partial charge in [0.1, 0.15) is 0 Å². The average molecular weight is 308 g/mol. The van der Waals surface area contributed by atoms with Gasteiger partial charge in [-0.1, -0.05) is 0 Å². The quantitative estimate of drug-likeness (QED) is 0.933. The molecule has 0 spiro atoms. The molecule has 1 unspecified atom stereocenters. The zero-order valence-electron chi connectivity index (χ0n) is 13.1. The smallest absolute Gasteiger partial charge is 0.232 e. The van der Waals surface area contributed by atoms with Crippen LogP contribution in [0.15, 0.2) is 18.2 Å². The molecule has 2 rings (SSSR count). The van der Waals surface area contributed by atoms with Gasteiger partial charge in [-0.3, -0.25) is 9.59 Å². The number of benzene rings is 1. The fourth-order valence-corrected chi connectivity index (χ4v) is 2.72.